The maximum atomic E-state index is 13.2. The number of hydrogen-bond acceptors (Lipinski definition) is 8. The van der Waals surface area contributed by atoms with Crippen LogP contribution < -0.4 is 5.32 Å². The third kappa shape index (κ3) is 56.4. The molecule has 7 atom stereocenters. The molecule has 1 rings (SSSR count). The Kier molecular flexibility index (Phi) is 64.3. The number of nitrogens with one attached hydrogen (secondary N) is 1. The van der Waals surface area contributed by atoms with Gasteiger partial charge in [0.15, 0.2) is 6.29 Å². The largest absolute Gasteiger partial charge is 0.394 e. The van der Waals surface area contributed by atoms with Crippen molar-refractivity contribution in [1.82, 2.24) is 5.32 Å². The zero-order valence-corrected chi connectivity index (χ0v) is 57.9. The maximum absolute atomic E-state index is 13.2. The zero-order valence-electron chi connectivity index (χ0n) is 57.9. The van der Waals surface area contributed by atoms with Gasteiger partial charge in [-0.15, -0.1) is 0 Å². The summed E-state index contributed by atoms with van der Waals surface area (Å²) in [6.45, 7) is 3.69. The Morgan fingerprint density at radius 3 is 1.08 bits per heavy atom. The molecule has 89 heavy (non-hydrogen) atoms. The first-order valence-electron chi connectivity index (χ1n) is 38.0. The van der Waals surface area contributed by atoms with E-state index in [4.69, 9.17) is 9.47 Å². The summed E-state index contributed by atoms with van der Waals surface area (Å²) in [5, 5.41) is 54.8. The van der Waals surface area contributed by atoms with E-state index in [2.05, 4.69) is 104 Å². The molecule has 0 aromatic rings. The normalized spacial score (nSPS) is 18.4. The van der Waals surface area contributed by atoms with E-state index in [-0.39, 0.29) is 12.5 Å². The number of ether oxygens (including phenoxy) is 2. The van der Waals surface area contributed by atoms with Gasteiger partial charge in [-0.2, -0.15) is 0 Å². The van der Waals surface area contributed by atoms with Crippen LogP contribution >= 0.6 is 0 Å². The van der Waals surface area contributed by atoms with Gasteiger partial charge in [0.2, 0.25) is 5.91 Å². The van der Waals surface area contributed by atoms with Gasteiger partial charge in [-0.25, -0.2) is 0 Å². The molecule has 0 aromatic heterocycles. The Morgan fingerprint density at radius 2 is 0.708 bits per heavy atom. The van der Waals surface area contributed by atoms with Gasteiger partial charge >= 0.3 is 0 Å². The van der Waals surface area contributed by atoms with E-state index in [1.807, 2.05) is 6.08 Å². The monoisotopic (exact) mass is 1250 g/mol. The van der Waals surface area contributed by atoms with Crippen LogP contribution in [0.25, 0.3) is 0 Å². The van der Waals surface area contributed by atoms with Gasteiger partial charge in [0.05, 0.1) is 25.4 Å². The van der Waals surface area contributed by atoms with Crippen molar-refractivity contribution in [2.75, 3.05) is 13.2 Å². The highest BCUT2D eigenvalue weighted by atomic mass is 16.7. The molecule has 1 saturated heterocycles. The molecule has 9 nitrogen and oxygen atoms in total. The SMILES string of the molecule is CC/C=C\C/C=C\C/C=C\C/C=C\C/C=C\C/C=C\CCCCCCCCCCCCCCCCCCCCC(=O)NC(COC1OC(CO)C(O)C(O)C1O)C(O)/C=C/CC/C=C/CCCCCCCCCCCCCCCCCCCCCCCCC. The number of amides is 1. The topological polar surface area (TPSA) is 149 Å². The number of aliphatic hydroxyl groups excluding tert-OH is 5. The lowest BCUT2D eigenvalue weighted by Gasteiger charge is -2.40. The number of carbonyl (C=O) groups is 1. The van der Waals surface area contributed by atoms with Crippen LogP contribution in [-0.2, 0) is 14.3 Å². The van der Waals surface area contributed by atoms with E-state index < -0.39 is 49.5 Å². The summed E-state index contributed by atoms with van der Waals surface area (Å²) in [5.74, 6) is -0.184. The van der Waals surface area contributed by atoms with Gasteiger partial charge in [0.25, 0.3) is 0 Å². The minimum atomic E-state index is -1.58. The highest BCUT2D eigenvalue weighted by Gasteiger charge is 2.44. The fourth-order valence-electron chi connectivity index (χ4n) is 11.8. The van der Waals surface area contributed by atoms with E-state index in [1.54, 1.807) is 6.08 Å². The van der Waals surface area contributed by atoms with Gasteiger partial charge in [-0.1, -0.05) is 355 Å². The fourth-order valence-corrected chi connectivity index (χ4v) is 11.8. The third-order valence-electron chi connectivity index (χ3n) is 17.6. The predicted molar refractivity (Wildman–Crippen MR) is 382 cm³/mol. The number of aliphatic hydroxyl groups is 5. The summed E-state index contributed by atoms with van der Waals surface area (Å²) in [6, 6.07) is -0.827. The van der Waals surface area contributed by atoms with Crippen LogP contribution in [0, 0.1) is 0 Å². The van der Waals surface area contributed by atoms with E-state index in [0.29, 0.717) is 6.42 Å². The fraction of sp³-hybridized carbons (Fsp3) is 0.787. The molecule has 0 saturated carbocycles. The Balaban J connectivity index is 2.11. The predicted octanol–water partition coefficient (Wildman–Crippen LogP) is 21.4. The second kappa shape index (κ2) is 68.0. The molecule has 1 aliphatic heterocycles. The van der Waals surface area contributed by atoms with Crippen LogP contribution in [0.2, 0.25) is 0 Å². The summed E-state index contributed by atoms with van der Waals surface area (Å²) in [5.41, 5.74) is 0. The standard InChI is InChI=1S/C80H143NO8/c1-3-5-7-9-11-13-15-17-19-21-23-25-27-29-31-33-34-35-36-37-38-39-40-42-44-46-48-50-52-54-56-58-60-62-64-66-68-70-76(84)81-73(72-88-80-79(87)78(86)77(85)75(71-82)89-80)74(83)69-67-65-63-61-59-57-55-53-51-49-47-45-43-41-32-30-28-26-24-22-20-18-16-14-12-10-8-6-4-2/h5,7,11,13,17,19,23,25,29,31,34-35,59,61,67,69,73-75,77-80,82-83,85-87H,3-4,6,8-10,12,14-16,18,20-22,24,26-28,30,32-33,36-58,60,62-66,68,70-72H2,1-2H3,(H,81,84)/b7-5-,13-11-,19-17-,25-23-,31-29-,35-34-,61-59+,69-67+. The van der Waals surface area contributed by atoms with E-state index in [1.165, 1.54) is 250 Å². The average molecular weight is 1250 g/mol. The first kappa shape index (κ1) is 84.1. The summed E-state index contributed by atoms with van der Waals surface area (Å²) in [4.78, 5) is 13.2. The lowest BCUT2D eigenvalue weighted by molar-refractivity contribution is -0.302. The highest BCUT2D eigenvalue weighted by Crippen LogP contribution is 2.23. The number of rotatable bonds is 66. The van der Waals surface area contributed by atoms with Gasteiger partial charge in [0.1, 0.15) is 24.4 Å². The van der Waals surface area contributed by atoms with Crippen molar-refractivity contribution in [3.05, 3.63) is 97.2 Å². The smallest absolute Gasteiger partial charge is 0.220 e. The van der Waals surface area contributed by atoms with Crippen LogP contribution in [0.1, 0.15) is 348 Å². The molecule has 1 heterocycles. The number of hydrogen-bond donors (Lipinski definition) is 6. The van der Waals surface area contributed by atoms with Crippen LogP contribution in [0.5, 0.6) is 0 Å². The average Bonchev–Trinajstić information content (AvgIpc) is 2.28. The van der Waals surface area contributed by atoms with Gasteiger partial charge in [-0.3, -0.25) is 4.79 Å². The lowest BCUT2D eigenvalue weighted by atomic mass is 9.99. The van der Waals surface area contributed by atoms with Crippen LogP contribution in [-0.4, -0.2) is 87.5 Å². The second-order valence-corrected chi connectivity index (χ2v) is 26.1. The highest BCUT2D eigenvalue weighted by molar-refractivity contribution is 5.76. The first-order chi connectivity index (χ1) is 43.8. The van der Waals surface area contributed by atoms with Gasteiger partial charge in [0, 0.05) is 6.42 Å². The summed E-state index contributed by atoms with van der Waals surface area (Å²) < 4.78 is 11.3. The van der Waals surface area contributed by atoms with E-state index in [0.717, 1.165) is 77.0 Å². The Morgan fingerprint density at radius 1 is 0.393 bits per heavy atom. The van der Waals surface area contributed by atoms with Gasteiger partial charge < -0.3 is 40.3 Å². The maximum Gasteiger partial charge on any atom is 0.220 e. The van der Waals surface area contributed by atoms with E-state index >= 15 is 0 Å². The van der Waals surface area contributed by atoms with Crippen molar-refractivity contribution in [2.24, 2.45) is 0 Å². The van der Waals surface area contributed by atoms with E-state index in [9.17, 15) is 30.3 Å². The minimum Gasteiger partial charge on any atom is -0.394 e. The third-order valence-corrected chi connectivity index (χ3v) is 17.6. The van der Waals surface area contributed by atoms with Crippen molar-refractivity contribution in [1.29, 1.82) is 0 Å². The summed E-state index contributed by atoms with van der Waals surface area (Å²) in [7, 11) is 0. The van der Waals surface area contributed by atoms with Crippen LogP contribution in [0.3, 0.4) is 0 Å². The van der Waals surface area contributed by atoms with Gasteiger partial charge in [-0.05, 0) is 83.5 Å². The first-order valence-corrected chi connectivity index (χ1v) is 38.0. The number of unbranched alkanes of at least 4 members (excludes halogenated alkanes) is 42. The quantitative estimate of drug-likeness (QED) is 0.0261. The van der Waals surface area contributed by atoms with Crippen LogP contribution in [0.15, 0.2) is 97.2 Å². The molecule has 0 radical (unpaired) electrons. The molecule has 6 N–H and O–H groups in total. The molecule has 0 aliphatic carbocycles. The van der Waals surface area contributed by atoms with Crippen LogP contribution in [0.4, 0.5) is 0 Å². The zero-order chi connectivity index (χ0) is 64.2. The van der Waals surface area contributed by atoms with Crippen molar-refractivity contribution in [3.63, 3.8) is 0 Å². The van der Waals surface area contributed by atoms with Crippen molar-refractivity contribution < 1.29 is 39.8 Å². The molecular weight excluding hydrogens is 1100 g/mol. The molecule has 516 valence electrons. The molecular formula is C80H143NO8. The Labute approximate surface area is 549 Å². The molecule has 1 amide bonds. The Hall–Kier alpha value is -2.89. The van der Waals surface area contributed by atoms with Crippen molar-refractivity contribution in [3.8, 4) is 0 Å². The molecule has 9 heteroatoms. The Bertz CT molecular complexity index is 1730. The number of allylic oxidation sites excluding steroid dienone is 15. The van der Waals surface area contributed by atoms with Crippen molar-refractivity contribution in [2.45, 2.75) is 391 Å². The summed E-state index contributed by atoms with van der Waals surface area (Å²) in [6.07, 6.45) is 92.5. The molecule has 1 aliphatic rings. The molecule has 0 aromatic carbocycles. The second-order valence-electron chi connectivity index (χ2n) is 26.1. The summed E-state index contributed by atoms with van der Waals surface area (Å²) >= 11 is 0. The molecule has 7 unspecified atom stereocenters. The molecule has 0 spiro atoms. The molecule has 1 fully saturated rings. The van der Waals surface area contributed by atoms with Crippen molar-refractivity contribution >= 4 is 5.91 Å². The minimum absolute atomic E-state index is 0.184. The molecule has 0 bridgehead atoms. The number of carbonyl (C=O) groups excluding carboxylic acids is 1. The lowest BCUT2D eigenvalue weighted by Crippen LogP contribution is -2.60.